The molecule has 0 aliphatic carbocycles. The molecule has 0 fully saturated rings. The summed E-state index contributed by atoms with van der Waals surface area (Å²) in [6, 6.07) is 10.1. The zero-order valence-corrected chi connectivity index (χ0v) is 16.3. The van der Waals surface area contributed by atoms with Crippen molar-refractivity contribution in [3.63, 3.8) is 0 Å². The second kappa shape index (κ2) is 8.84. The zero-order valence-electron chi connectivity index (χ0n) is 15.6. The summed E-state index contributed by atoms with van der Waals surface area (Å²) < 4.78 is 20.9. The Kier molecular flexibility index (Phi) is 6.26. The summed E-state index contributed by atoms with van der Waals surface area (Å²) in [5.41, 5.74) is 1.06. The number of likely N-dealkylation sites (N-methyl/N-ethyl adjacent to an activating group) is 1. The second-order valence-electron chi connectivity index (χ2n) is 6.02. The number of hydrogen-bond acceptors (Lipinski definition) is 6. The van der Waals surface area contributed by atoms with E-state index in [-0.39, 0.29) is 24.9 Å². The van der Waals surface area contributed by atoms with Crippen LogP contribution in [0.25, 0.3) is 0 Å². The lowest BCUT2D eigenvalue weighted by molar-refractivity contribution is -0.134. The van der Waals surface area contributed by atoms with Crippen LogP contribution in [-0.4, -0.2) is 43.8 Å². The van der Waals surface area contributed by atoms with Gasteiger partial charge in [0.1, 0.15) is 11.3 Å². The molecular formula is C20H20ClNO6. The van der Waals surface area contributed by atoms with Gasteiger partial charge in [0.15, 0.2) is 18.1 Å². The maximum Gasteiger partial charge on any atom is 0.342 e. The smallest absolute Gasteiger partial charge is 0.342 e. The number of amides is 1. The highest BCUT2D eigenvalue weighted by Crippen LogP contribution is 2.32. The van der Waals surface area contributed by atoms with E-state index in [1.165, 1.54) is 13.2 Å². The number of ether oxygens (including phenoxy) is 4. The van der Waals surface area contributed by atoms with Gasteiger partial charge in [-0.05, 0) is 42.8 Å². The number of carbonyl (C=O) groups excluding carboxylic acids is 2. The van der Waals surface area contributed by atoms with Crippen molar-refractivity contribution >= 4 is 23.5 Å². The molecule has 1 amide bonds. The molecule has 0 unspecified atom stereocenters. The van der Waals surface area contributed by atoms with Gasteiger partial charge >= 0.3 is 5.97 Å². The lowest BCUT2D eigenvalue weighted by Crippen LogP contribution is -2.34. The molecule has 2 aromatic carbocycles. The molecule has 1 aliphatic rings. The number of benzene rings is 2. The van der Waals surface area contributed by atoms with Gasteiger partial charge < -0.3 is 23.8 Å². The van der Waals surface area contributed by atoms with Gasteiger partial charge in [0.25, 0.3) is 5.91 Å². The van der Waals surface area contributed by atoms with E-state index in [1.807, 2.05) is 19.1 Å². The van der Waals surface area contributed by atoms with Crippen molar-refractivity contribution in [3.05, 3.63) is 52.5 Å². The first-order valence-electron chi connectivity index (χ1n) is 8.68. The molecule has 0 saturated carbocycles. The maximum absolute atomic E-state index is 12.5. The third-order valence-electron chi connectivity index (χ3n) is 4.25. The molecule has 3 rings (SSSR count). The van der Waals surface area contributed by atoms with Crippen molar-refractivity contribution < 1.29 is 28.5 Å². The predicted molar refractivity (Wildman–Crippen MR) is 102 cm³/mol. The normalized spacial score (nSPS) is 11.8. The molecule has 8 heteroatoms. The number of esters is 1. The molecule has 0 atom stereocenters. The van der Waals surface area contributed by atoms with E-state index in [0.29, 0.717) is 35.4 Å². The fourth-order valence-corrected chi connectivity index (χ4v) is 2.94. The van der Waals surface area contributed by atoms with Gasteiger partial charge in [-0.3, -0.25) is 4.79 Å². The fraction of sp³-hybridized carbons (Fsp3) is 0.300. The molecule has 148 valence electrons. The molecule has 0 saturated heterocycles. The molecule has 1 aliphatic heterocycles. The van der Waals surface area contributed by atoms with Crippen molar-refractivity contribution in [1.29, 1.82) is 0 Å². The minimum absolute atomic E-state index is 0.168. The Morgan fingerprint density at radius 1 is 1.14 bits per heavy atom. The van der Waals surface area contributed by atoms with Crippen molar-refractivity contribution in [3.8, 4) is 17.2 Å². The summed E-state index contributed by atoms with van der Waals surface area (Å²) in [5.74, 6) is 0.680. The third-order valence-corrected chi connectivity index (χ3v) is 4.49. The third kappa shape index (κ3) is 4.48. The van der Waals surface area contributed by atoms with Crippen LogP contribution >= 0.6 is 11.6 Å². The number of methoxy groups -OCH3 is 1. The topological polar surface area (TPSA) is 74.3 Å². The van der Waals surface area contributed by atoms with Crippen molar-refractivity contribution in [2.24, 2.45) is 0 Å². The minimum Gasteiger partial charge on any atom is -0.496 e. The van der Waals surface area contributed by atoms with E-state index in [1.54, 1.807) is 23.1 Å². The zero-order chi connectivity index (χ0) is 20.1. The monoisotopic (exact) mass is 405 g/mol. The van der Waals surface area contributed by atoms with E-state index >= 15 is 0 Å². The van der Waals surface area contributed by atoms with Crippen LogP contribution in [0.5, 0.6) is 17.2 Å². The number of nitrogens with zero attached hydrogens (tertiary/aromatic N) is 1. The van der Waals surface area contributed by atoms with Crippen molar-refractivity contribution in [1.82, 2.24) is 4.90 Å². The number of carbonyl (C=O) groups is 2. The molecule has 2 aromatic rings. The van der Waals surface area contributed by atoms with Gasteiger partial charge in [0, 0.05) is 18.1 Å². The fourth-order valence-electron chi connectivity index (χ4n) is 2.77. The molecule has 0 aromatic heterocycles. The van der Waals surface area contributed by atoms with Gasteiger partial charge in [-0.1, -0.05) is 17.7 Å². The minimum atomic E-state index is -0.674. The Labute approximate surface area is 167 Å². The highest BCUT2D eigenvalue weighted by molar-refractivity contribution is 6.31. The van der Waals surface area contributed by atoms with Crippen LogP contribution in [0, 0.1) is 0 Å². The van der Waals surface area contributed by atoms with E-state index in [9.17, 15) is 9.59 Å². The highest BCUT2D eigenvalue weighted by atomic mass is 35.5. The van der Waals surface area contributed by atoms with Crippen molar-refractivity contribution in [2.45, 2.75) is 13.5 Å². The molecule has 7 nitrogen and oxygen atoms in total. The molecule has 0 N–H and O–H groups in total. The average molecular weight is 406 g/mol. The van der Waals surface area contributed by atoms with Gasteiger partial charge in [0.05, 0.1) is 7.11 Å². The van der Waals surface area contributed by atoms with Gasteiger partial charge in [-0.2, -0.15) is 0 Å². The molecule has 0 radical (unpaired) electrons. The lowest BCUT2D eigenvalue weighted by atomic mass is 10.2. The predicted octanol–water partition coefficient (Wildman–Crippen LogP) is 3.28. The van der Waals surface area contributed by atoms with Crippen LogP contribution in [0.1, 0.15) is 22.8 Å². The maximum atomic E-state index is 12.5. The number of hydrogen-bond donors (Lipinski definition) is 0. The summed E-state index contributed by atoms with van der Waals surface area (Å²) in [4.78, 5) is 26.4. The number of rotatable bonds is 7. The molecule has 0 spiro atoms. The molecular weight excluding hydrogens is 386 g/mol. The highest BCUT2D eigenvalue weighted by Gasteiger charge is 2.20. The largest absolute Gasteiger partial charge is 0.496 e. The second-order valence-corrected chi connectivity index (χ2v) is 6.45. The Morgan fingerprint density at radius 3 is 2.68 bits per heavy atom. The van der Waals surface area contributed by atoms with Gasteiger partial charge in [-0.15, -0.1) is 0 Å². The lowest BCUT2D eigenvalue weighted by Gasteiger charge is -2.21. The Morgan fingerprint density at radius 2 is 1.93 bits per heavy atom. The standard InChI is InChI=1S/C20H20ClNO6/c1-3-22(10-13-4-6-17-18(8-13)28-12-27-17)19(23)11-26-20(24)15-9-14(21)5-7-16(15)25-2/h4-9H,3,10-12H2,1-2H3. The summed E-state index contributed by atoms with van der Waals surface area (Å²) in [5, 5.41) is 0.372. The molecule has 28 heavy (non-hydrogen) atoms. The molecule has 1 heterocycles. The summed E-state index contributed by atoms with van der Waals surface area (Å²) >= 11 is 5.93. The van der Waals surface area contributed by atoms with Crippen LogP contribution in [0.4, 0.5) is 0 Å². The first-order chi connectivity index (χ1) is 13.5. The van der Waals surface area contributed by atoms with Gasteiger partial charge in [-0.25, -0.2) is 4.79 Å². The average Bonchev–Trinajstić information content (AvgIpc) is 3.17. The van der Waals surface area contributed by atoms with Crippen LogP contribution < -0.4 is 14.2 Å². The Hall–Kier alpha value is -2.93. The quantitative estimate of drug-likeness (QED) is 0.658. The summed E-state index contributed by atoms with van der Waals surface area (Å²) in [7, 11) is 1.44. The van der Waals surface area contributed by atoms with E-state index in [2.05, 4.69) is 0 Å². The Balaban J connectivity index is 1.61. The Bertz CT molecular complexity index is 885. The van der Waals surface area contributed by atoms with Crippen LogP contribution in [0.2, 0.25) is 5.02 Å². The van der Waals surface area contributed by atoms with E-state index < -0.39 is 5.97 Å². The van der Waals surface area contributed by atoms with E-state index in [0.717, 1.165) is 5.56 Å². The SMILES string of the molecule is CCN(Cc1ccc2c(c1)OCO2)C(=O)COC(=O)c1cc(Cl)ccc1OC. The van der Waals surface area contributed by atoms with Crippen LogP contribution in [0.15, 0.2) is 36.4 Å². The van der Waals surface area contributed by atoms with Crippen LogP contribution in [0.3, 0.4) is 0 Å². The van der Waals surface area contributed by atoms with Crippen molar-refractivity contribution in [2.75, 3.05) is 27.1 Å². The molecule has 0 bridgehead atoms. The van der Waals surface area contributed by atoms with Crippen LogP contribution in [-0.2, 0) is 16.1 Å². The summed E-state index contributed by atoms with van der Waals surface area (Å²) in [6.45, 7) is 2.49. The summed E-state index contributed by atoms with van der Waals surface area (Å²) in [6.07, 6.45) is 0. The van der Waals surface area contributed by atoms with Gasteiger partial charge in [0.2, 0.25) is 6.79 Å². The first-order valence-corrected chi connectivity index (χ1v) is 9.06. The van der Waals surface area contributed by atoms with E-state index in [4.69, 9.17) is 30.5 Å². The number of halogens is 1. The first kappa shape index (κ1) is 19.8. The number of fused-ring (bicyclic) bond motifs is 1.